The molecule has 0 radical (unpaired) electrons. The number of nitrogens with zero attached hydrogens (tertiary/aromatic N) is 3. The average molecular weight is 451 g/mol. The molecule has 2 fully saturated rings. The molecule has 2 aromatic carbocycles. The monoisotopic (exact) mass is 450 g/mol. The van der Waals surface area contributed by atoms with E-state index in [1.54, 1.807) is 24.1 Å². The standard InChI is InChI=1S/C25H30N4O4/c1-33-22-9-7-21(8-10-22)29-18-19(17-24(29)31)25(32)26-12-11-23(30)28-15-13-27(14-16-28)20-5-3-2-4-6-20/h2-10,19H,11-18H2,1H3,(H,26,32). The molecule has 0 aromatic heterocycles. The summed E-state index contributed by atoms with van der Waals surface area (Å²) < 4.78 is 5.15. The van der Waals surface area contributed by atoms with Gasteiger partial charge in [0.2, 0.25) is 17.7 Å². The molecule has 8 heteroatoms. The first-order valence-corrected chi connectivity index (χ1v) is 11.3. The van der Waals surface area contributed by atoms with Crippen LogP contribution in [0, 0.1) is 5.92 Å². The minimum atomic E-state index is -0.413. The van der Waals surface area contributed by atoms with Crippen LogP contribution >= 0.6 is 0 Å². The maximum absolute atomic E-state index is 12.6. The second-order valence-electron chi connectivity index (χ2n) is 8.35. The van der Waals surface area contributed by atoms with E-state index in [1.165, 1.54) is 5.69 Å². The maximum Gasteiger partial charge on any atom is 0.227 e. The van der Waals surface area contributed by atoms with Crippen molar-refractivity contribution in [3.63, 3.8) is 0 Å². The molecule has 2 saturated heterocycles. The SMILES string of the molecule is COc1ccc(N2CC(C(=O)NCCC(=O)N3CCN(c4ccccc4)CC3)CC2=O)cc1. The van der Waals surface area contributed by atoms with E-state index < -0.39 is 5.92 Å². The highest BCUT2D eigenvalue weighted by molar-refractivity contribution is 6.00. The quantitative estimate of drug-likeness (QED) is 0.697. The lowest BCUT2D eigenvalue weighted by Gasteiger charge is -2.36. The zero-order chi connectivity index (χ0) is 23.2. The van der Waals surface area contributed by atoms with Gasteiger partial charge in [0.15, 0.2) is 0 Å². The van der Waals surface area contributed by atoms with Gasteiger partial charge in [-0.3, -0.25) is 14.4 Å². The number of amides is 3. The normalized spacial score (nSPS) is 18.4. The number of piperazine rings is 1. The predicted octanol–water partition coefficient (Wildman–Crippen LogP) is 1.90. The Kier molecular flexibility index (Phi) is 7.12. The predicted molar refractivity (Wildman–Crippen MR) is 126 cm³/mol. The number of carbonyl (C=O) groups excluding carboxylic acids is 3. The van der Waals surface area contributed by atoms with Gasteiger partial charge < -0.3 is 24.8 Å². The third-order valence-electron chi connectivity index (χ3n) is 6.27. The molecule has 2 heterocycles. The highest BCUT2D eigenvalue weighted by atomic mass is 16.5. The number of carbonyl (C=O) groups is 3. The van der Waals surface area contributed by atoms with Gasteiger partial charge in [-0.15, -0.1) is 0 Å². The van der Waals surface area contributed by atoms with Crippen LogP contribution in [0.1, 0.15) is 12.8 Å². The Labute approximate surface area is 194 Å². The van der Waals surface area contributed by atoms with E-state index in [-0.39, 0.29) is 37.1 Å². The lowest BCUT2D eigenvalue weighted by atomic mass is 10.1. The summed E-state index contributed by atoms with van der Waals surface area (Å²) in [6, 6.07) is 17.4. The summed E-state index contributed by atoms with van der Waals surface area (Å²) in [6.07, 6.45) is 0.438. The third-order valence-corrected chi connectivity index (χ3v) is 6.27. The van der Waals surface area contributed by atoms with E-state index >= 15 is 0 Å². The van der Waals surface area contributed by atoms with Crippen LogP contribution in [0.25, 0.3) is 0 Å². The van der Waals surface area contributed by atoms with Gasteiger partial charge in [-0.2, -0.15) is 0 Å². The summed E-state index contributed by atoms with van der Waals surface area (Å²) in [7, 11) is 1.59. The first kappa shape index (κ1) is 22.6. The van der Waals surface area contributed by atoms with Gasteiger partial charge in [0.05, 0.1) is 13.0 Å². The number of nitrogens with one attached hydrogen (secondary N) is 1. The summed E-state index contributed by atoms with van der Waals surface area (Å²) in [5, 5.41) is 2.84. The van der Waals surface area contributed by atoms with Crippen LogP contribution < -0.4 is 19.9 Å². The van der Waals surface area contributed by atoms with Crippen LogP contribution in [0.5, 0.6) is 5.75 Å². The van der Waals surface area contributed by atoms with Crippen LogP contribution in [-0.2, 0) is 14.4 Å². The summed E-state index contributed by atoms with van der Waals surface area (Å²) in [5.74, 6) is 0.0917. The molecule has 174 valence electrons. The number of benzene rings is 2. The molecule has 4 rings (SSSR count). The molecule has 0 saturated carbocycles. The summed E-state index contributed by atoms with van der Waals surface area (Å²) in [6.45, 7) is 3.57. The average Bonchev–Trinajstić information content (AvgIpc) is 3.26. The molecule has 2 aliphatic rings. The van der Waals surface area contributed by atoms with Crippen molar-refractivity contribution in [2.24, 2.45) is 5.92 Å². The number of hydrogen-bond donors (Lipinski definition) is 1. The molecule has 33 heavy (non-hydrogen) atoms. The van der Waals surface area contributed by atoms with Gasteiger partial charge in [0.25, 0.3) is 0 Å². The third kappa shape index (κ3) is 5.45. The molecular formula is C25H30N4O4. The number of para-hydroxylation sites is 1. The first-order chi connectivity index (χ1) is 16.0. The van der Waals surface area contributed by atoms with Crippen LogP contribution in [0.15, 0.2) is 54.6 Å². The van der Waals surface area contributed by atoms with Crippen molar-refractivity contribution < 1.29 is 19.1 Å². The van der Waals surface area contributed by atoms with Crippen molar-refractivity contribution in [3.05, 3.63) is 54.6 Å². The zero-order valence-corrected chi connectivity index (χ0v) is 18.9. The Morgan fingerprint density at radius 1 is 0.970 bits per heavy atom. The Morgan fingerprint density at radius 2 is 1.67 bits per heavy atom. The van der Waals surface area contributed by atoms with Gasteiger partial charge in [-0.1, -0.05) is 18.2 Å². The number of anilines is 2. The smallest absolute Gasteiger partial charge is 0.227 e. The van der Waals surface area contributed by atoms with Crippen LogP contribution in [0.4, 0.5) is 11.4 Å². The summed E-state index contributed by atoms with van der Waals surface area (Å²) in [5.41, 5.74) is 1.92. The number of methoxy groups -OCH3 is 1. The van der Waals surface area contributed by atoms with E-state index in [0.717, 1.165) is 18.8 Å². The second-order valence-corrected chi connectivity index (χ2v) is 8.35. The van der Waals surface area contributed by atoms with E-state index in [1.807, 2.05) is 35.2 Å². The number of hydrogen-bond acceptors (Lipinski definition) is 5. The van der Waals surface area contributed by atoms with Crippen molar-refractivity contribution in [3.8, 4) is 5.75 Å². The maximum atomic E-state index is 12.6. The minimum absolute atomic E-state index is 0.0466. The fourth-order valence-corrected chi connectivity index (χ4v) is 4.34. The molecule has 0 aliphatic carbocycles. The molecule has 8 nitrogen and oxygen atoms in total. The van der Waals surface area contributed by atoms with Crippen LogP contribution in [0.2, 0.25) is 0 Å². The lowest BCUT2D eigenvalue weighted by Crippen LogP contribution is -2.49. The van der Waals surface area contributed by atoms with Crippen molar-refractivity contribution >= 4 is 29.1 Å². The first-order valence-electron chi connectivity index (χ1n) is 11.3. The van der Waals surface area contributed by atoms with Gasteiger partial charge in [0, 0.05) is 63.5 Å². The van der Waals surface area contributed by atoms with Crippen molar-refractivity contribution in [1.29, 1.82) is 0 Å². The summed E-state index contributed by atoms with van der Waals surface area (Å²) in [4.78, 5) is 43.3. The summed E-state index contributed by atoms with van der Waals surface area (Å²) >= 11 is 0. The topological polar surface area (TPSA) is 82.2 Å². The van der Waals surface area contributed by atoms with E-state index in [2.05, 4.69) is 22.3 Å². The second kappa shape index (κ2) is 10.4. The molecule has 2 aromatic rings. The zero-order valence-electron chi connectivity index (χ0n) is 18.9. The van der Waals surface area contributed by atoms with E-state index in [9.17, 15) is 14.4 Å². The molecule has 2 aliphatic heterocycles. The highest BCUT2D eigenvalue weighted by Crippen LogP contribution is 2.27. The lowest BCUT2D eigenvalue weighted by molar-refractivity contribution is -0.131. The van der Waals surface area contributed by atoms with Gasteiger partial charge >= 0.3 is 0 Å². The Morgan fingerprint density at radius 3 is 2.33 bits per heavy atom. The van der Waals surface area contributed by atoms with Gasteiger partial charge in [-0.05, 0) is 36.4 Å². The largest absolute Gasteiger partial charge is 0.497 e. The Balaban J connectivity index is 1.19. The van der Waals surface area contributed by atoms with E-state index in [4.69, 9.17) is 4.74 Å². The van der Waals surface area contributed by atoms with Crippen molar-refractivity contribution in [1.82, 2.24) is 10.2 Å². The van der Waals surface area contributed by atoms with E-state index in [0.29, 0.717) is 25.4 Å². The molecule has 1 unspecified atom stereocenters. The van der Waals surface area contributed by atoms with Crippen LogP contribution in [-0.4, -0.2) is 69.0 Å². The molecular weight excluding hydrogens is 420 g/mol. The van der Waals surface area contributed by atoms with Crippen molar-refractivity contribution in [2.75, 3.05) is 56.2 Å². The van der Waals surface area contributed by atoms with Gasteiger partial charge in [-0.25, -0.2) is 0 Å². The molecule has 3 amide bonds. The number of ether oxygens (including phenoxy) is 1. The Bertz CT molecular complexity index is 972. The highest BCUT2D eigenvalue weighted by Gasteiger charge is 2.35. The Hall–Kier alpha value is -3.55. The van der Waals surface area contributed by atoms with Gasteiger partial charge in [0.1, 0.15) is 5.75 Å². The van der Waals surface area contributed by atoms with Crippen molar-refractivity contribution in [2.45, 2.75) is 12.8 Å². The minimum Gasteiger partial charge on any atom is -0.497 e. The molecule has 0 bridgehead atoms. The van der Waals surface area contributed by atoms with Crippen LogP contribution in [0.3, 0.4) is 0 Å². The molecule has 1 N–H and O–H groups in total. The number of rotatable bonds is 7. The molecule has 1 atom stereocenters. The fraction of sp³-hybridized carbons (Fsp3) is 0.400. The molecule has 0 spiro atoms. The fourth-order valence-electron chi connectivity index (χ4n) is 4.34.